The van der Waals surface area contributed by atoms with E-state index < -0.39 is 29.7 Å². The fourth-order valence-corrected chi connectivity index (χ4v) is 2.52. The third-order valence-corrected chi connectivity index (χ3v) is 3.74. The van der Waals surface area contributed by atoms with Crippen molar-refractivity contribution in [2.24, 2.45) is 0 Å². The largest absolute Gasteiger partial charge is 0.434 e. The van der Waals surface area contributed by atoms with E-state index in [-0.39, 0.29) is 23.5 Å². The van der Waals surface area contributed by atoms with Crippen LogP contribution >= 0.6 is 11.3 Å². The molecule has 1 aromatic heterocycles. The average Bonchev–Trinajstić information content (AvgIpc) is 2.94. The van der Waals surface area contributed by atoms with Crippen molar-refractivity contribution in [3.63, 3.8) is 0 Å². The molecule has 124 valence electrons. The minimum absolute atomic E-state index is 0.103. The Bertz CT molecular complexity index is 687. The zero-order chi connectivity index (χ0) is 17.0. The number of nitrogens with one attached hydrogen (secondary N) is 1. The smallest absolute Gasteiger partial charge is 0.388 e. The van der Waals surface area contributed by atoms with E-state index in [1.165, 1.54) is 18.2 Å². The third kappa shape index (κ3) is 5.00. The lowest BCUT2D eigenvalue weighted by Crippen LogP contribution is -2.24. The van der Waals surface area contributed by atoms with Crippen LogP contribution in [-0.4, -0.2) is 16.0 Å². The number of amides is 1. The lowest BCUT2D eigenvalue weighted by Gasteiger charge is -2.10. The van der Waals surface area contributed by atoms with Crippen LogP contribution in [0.25, 0.3) is 0 Å². The lowest BCUT2D eigenvalue weighted by atomic mass is 10.1. The van der Waals surface area contributed by atoms with Gasteiger partial charge in [0.2, 0.25) is 5.91 Å². The van der Waals surface area contributed by atoms with Gasteiger partial charge in [0.05, 0.1) is 19.1 Å². The molecule has 0 saturated heterocycles. The lowest BCUT2D eigenvalue weighted by molar-refractivity contribution is -0.140. The Balaban J connectivity index is 1.86. The predicted molar refractivity (Wildman–Crippen MR) is 74.9 cm³/mol. The first-order valence-electron chi connectivity index (χ1n) is 6.47. The summed E-state index contributed by atoms with van der Waals surface area (Å²) in [6.45, 7) is -0.171. The standard InChI is InChI=1S/C14H12F4N2O2S/c15-9-3-1-2-8(4-9)10(21)5-12(22)19-6-13-20-11(7-23-13)14(16,17)18/h1-4,7,10,21H,5-6H2,(H,19,22). The van der Waals surface area contributed by atoms with Gasteiger partial charge in [-0.2, -0.15) is 13.2 Å². The van der Waals surface area contributed by atoms with Gasteiger partial charge >= 0.3 is 6.18 Å². The Kier molecular flexibility index (Phi) is 5.32. The van der Waals surface area contributed by atoms with E-state index in [1.54, 1.807) is 0 Å². The molecule has 0 fully saturated rings. The first kappa shape index (κ1) is 17.4. The molecule has 9 heteroatoms. The summed E-state index contributed by atoms with van der Waals surface area (Å²) in [6.07, 6.45) is -6.06. The van der Waals surface area contributed by atoms with Crippen LogP contribution < -0.4 is 5.32 Å². The molecule has 0 aliphatic carbocycles. The van der Waals surface area contributed by atoms with Gasteiger partial charge < -0.3 is 10.4 Å². The second-order valence-corrected chi connectivity index (χ2v) is 5.62. The Morgan fingerprint density at radius 1 is 1.39 bits per heavy atom. The zero-order valence-electron chi connectivity index (χ0n) is 11.6. The van der Waals surface area contributed by atoms with Crippen molar-refractivity contribution in [2.75, 3.05) is 0 Å². The third-order valence-electron chi connectivity index (χ3n) is 2.89. The summed E-state index contributed by atoms with van der Waals surface area (Å²) in [5.41, 5.74) is -0.764. The van der Waals surface area contributed by atoms with Crippen molar-refractivity contribution >= 4 is 17.2 Å². The maximum Gasteiger partial charge on any atom is 0.434 e. The van der Waals surface area contributed by atoms with Crippen LogP contribution in [-0.2, 0) is 17.5 Å². The van der Waals surface area contributed by atoms with Crippen molar-refractivity contribution < 1.29 is 27.5 Å². The number of thiazole rings is 1. The van der Waals surface area contributed by atoms with Gasteiger partial charge in [-0.05, 0) is 17.7 Å². The van der Waals surface area contributed by atoms with Crippen molar-refractivity contribution in [3.8, 4) is 0 Å². The van der Waals surface area contributed by atoms with E-state index in [0.717, 1.165) is 22.8 Å². The minimum atomic E-state index is -4.52. The quantitative estimate of drug-likeness (QED) is 0.817. The van der Waals surface area contributed by atoms with Crippen LogP contribution in [0.2, 0.25) is 0 Å². The first-order valence-corrected chi connectivity index (χ1v) is 7.35. The predicted octanol–water partition coefficient (Wildman–Crippen LogP) is 3.04. The Hall–Kier alpha value is -2.00. The first-order chi connectivity index (χ1) is 10.8. The highest BCUT2D eigenvalue weighted by molar-refractivity contribution is 7.09. The zero-order valence-corrected chi connectivity index (χ0v) is 12.4. The van der Waals surface area contributed by atoms with E-state index >= 15 is 0 Å². The van der Waals surface area contributed by atoms with E-state index in [4.69, 9.17) is 0 Å². The molecule has 2 rings (SSSR count). The molecule has 23 heavy (non-hydrogen) atoms. The second kappa shape index (κ2) is 7.05. The maximum atomic E-state index is 13.0. The number of aliphatic hydroxyl groups excluding tert-OH is 1. The van der Waals surface area contributed by atoms with Gasteiger partial charge in [0, 0.05) is 5.38 Å². The molecule has 1 heterocycles. The fourth-order valence-electron chi connectivity index (χ4n) is 1.78. The van der Waals surface area contributed by atoms with E-state index in [2.05, 4.69) is 10.3 Å². The van der Waals surface area contributed by atoms with E-state index in [1.807, 2.05) is 0 Å². The van der Waals surface area contributed by atoms with E-state index in [9.17, 15) is 27.5 Å². The number of carbonyl (C=O) groups excluding carboxylic acids is 1. The van der Waals surface area contributed by atoms with E-state index in [0.29, 0.717) is 0 Å². The fraction of sp³-hybridized carbons (Fsp3) is 0.286. The topological polar surface area (TPSA) is 62.2 Å². The van der Waals surface area contributed by atoms with Gasteiger partial charge in [-0.15, -0.1) is 11.3 Å². The highest BCUT2D eigenvalue weighted by atomic mass is 32.1. The number of hydrogen-bond acceptors (Lipinski definition) is 4. The summed E-state index contributed by atoms with van der Waals surface area (Å²) < 4.78 is 50.2. The minimum Gasteiger partial charge on any atom is -0.388 e. The molecule has 1 unspecified atom stereocenters. The molecule has 0 spiro atoms. The molecular weight excluding hydrogens is 336 g/mol. The van der Waals surface area contributed by atoms with Gasteiger partial charge in [-0.1, -0.05) is 12.1 Å². The van der Waals surface area contributed by atoms with Gasteiger partial charge in [0.15, 0.2) is 5.69 Å². The van der Waals surface area contributed by atoms with Crippen LogP contribution in [0.3, 0.4) is 0 Å². The van der Waals surface area contributed by atoms with Crippen LogP contribution in [0.15, 0.2) is 29.6 Å². The molecule has 0 bridgehead atoms. The maximum absolute atomic E-state index is 13.0. The number of aromatic nitrogens is 1. The molecule has 1 aromatic carbocycles. The number of alkyl halides is 3. The number of halogens is 4. The molecular formula is C14H12F4N2O2S. The summed E-state index contributed by atoms with van der Waals surface area (Å²) in [6, 6.07) is 5.18. The Labute approximate surface area is 132 Å². The number of nitrogens with zero attached hydrogens (tertiary/aromatic N) is 1. The van der Waals surface area contributed by atoms with Crippen molar-refractivity contribution in [1.29, 1.82) is 0 Å². The summed E-state index contributed by atoms with van der Waals surface area (Å²) in [5.74, 6) is -1.12. The molecule has 0 saturated carbocycles. The molecule has 1 atom stereocenters. The number of rotatable bonds is 5. The summed E-state index contributed by atoms with van der Waals surface area (Å²) >= 11 is 0.778. The van der Waals surface area contributed by atoms with Crippen molar-refractivity contribution in [1.82, 2.24) is 10.3 Å². The highest BCUT2D eigenvalue weighted by Crippen LogP contribution is 2.29. The van der Waals surface area contributed by atoms with Gasteiger partial charge in [-0.25, -0.2) is 9.37 Å². The molecule has 2 aromatic rings. The molecule has 2 N–H and O–H groups in total. The Morgan fingerprint density at radius 3 is 2.74 bits per heavy atom. The number of carbonyl (C=O) groups is 1. The van der Waals surface area contributed by atoms with Gasteiger partial charge in [-0.3, -0.25) is 4.79 Å². The monoisotopic (exact) mass is 348 g/mol. The van der Waals surface area contributed by atoms with Crippen LogP contribution in [0.5, 0.6) is 0 Å². The highest BCUT2D eigenvalue weighted by Gasteiger charge is 2.33. The molecule has 0 aliphatic rings. The summed E-state index contributed by atoms with van der Waals surface area (Å²) in [7, 11) is 0. The molecule has 0 aliphatic heterocycles. The van der Waals surface area contributed by atoms with Gasteiger partial charge in [0.1, 0.15) is 10.8 Å². The van der Waals surface area contributed by atoms with Crippen molar-refractivity contribution in [2.45, 2.75) is 25.2 Å². The SMILES string of the molecule is O=C(CC(O)c1cccc(F)c1)NCc1nc(C(F)(F)F)cs1. The summed E-state index contributed by atoms with van der Waals surface area (Å²) in [5, 5.41) is 13.2. The van der Waals surface area contributed by atoms with Crippen LogP contribution in [0.1, 0.15) is 28.8 Å². The number of aliphatic hydroxyl groups is 1. The number of benzene rings is 1. The van der Waals surface area contributed by atoms with Crippen LogP contribution in [0, 0.1) is 5.82 Å². The molecule has 0 radical (unpaired) electrons. The van der Waals surface area contributed by atoms with Gasteiger partial charge in [0.25, 0.3) is 0 Å². The van der Waals surface area contributed by atoms with Crippen molar-refractivity contribution in [3.05, 3.63) is 51.7 Å². The Morgan fingerprint density at radius 2 is 2.13 bits per heavy atom. The summed E-state index contributed by atoms with van der Waals surface area (Å²) in [4.78, 5) is 15.0. The average molecular weight is 348 g/mol. The molecule has 4 nitrogen and oxygen atoms in total. The number of hydrogen-bond donors (Lipinski definition) is 2. The second-order valence-electron chi connectivity index (χ2n) is 4.68. The molecule has 1 amide bonds. The normalized spacial score (nSPS) is 12.9. The van der Waals surface area contributed by atoms with Crippen LogP contribution in [0.4, 0.5) is 17.6 Å².